The maximum Gasteiger partial charge on any atom is 0.243 e. The van der Waals surface area contributed by atoms with Gasteiger partial charge in [0, 0.05) is 18.5 Å². The Morgan fingerprint density at radius 1 is 0.976 bits per heavy atom. The third-order valence-electron chi connectivity index (χ3n) is 8.50. The molecule has 6 nitrogen and oxygen atoms in total. The van der Waals surface area contributed by atoms with Crippen molar-refractivity contribution in [3.63, 3.8) is 0 Å². The van der Waals surface area contributed by atoms with Gasteiger partial charge in [0.05, 0.1) is 28.6 Å². The standard InChI is InChI=1S/C33H34FN3O3S/c1-32(2,3)25-9-15-29(16-10-25)41(39,40)36-18-17-26-19-30-24(21-35-37(30)28-13-11-27(34)12-14-28)20-33(26,22-36)31(38)23-7-5-4-6-8-23/h4-16,19,21,31,38H,17-18,20,22H2,1-3H3. The summed E-state index contributed by atoms with van der Waals surface area (Å²) in [5.41, 5.74) is 4.34. The van der Waals surface area contributed by atoms with E-state index < -0.39 is 21.5 Å². The van der Waals surface area contributed by atoms with E-state index in [2.05, 4.69) is 25.9 Å². The Kier molecular flexibility index (Phi) is 6.76. The van der Waals surface area contributed by atoms with Crippen molar-refractivity contribution in [1.29, 1.82) is 0 Å². The van der Waals surface area contributed by atoms with Crippen molar-refractivity contribution in [2.75, 3.05) is 13.1 Å². The minimum Gasteiger partial charge on any atom is -0.387 e. The van der Waals surface area contributed by atoms with Gasteiger partial charge in [0.25, 0.3) is 0 Å². The minimum absolute atomic E-state index is 0.0882. The van der Waals surface area contributed by atoms with Crippen molar-refractivity contribution in [1.82, 2.24) is 14.1 Å². The highest BCUT2D eigenvalue weighted by Crippen LogP contribution is 2.52. The summed E-state index contributed by atoms with van der Waals surface area (Å²) in [5.74, 6) is -0.320. The largest absolute Gasteiger partial charge is 0.387 e. The molecule has 0 amide bonds. The van der Waals surface area contributed by atoms with E-state index in [4.69, 9.17) is 0 Å². The monoisotopic (exact) mass is 571 g/mol. The van der Waals surface area contributed by atoms with Crippen LogP contribution in [0.1, 0.15) is 55.7 Å². The number of rotatable bonds is 5. The molecule has 3 aromatic carbocycles. The Bertz CT molecular complexity index is 1710. The quantitative estimate of drug-likeness (QED) is 0.316. The second-order valence-corrected chi connectivity index (χ2v) is 14.1. The number of aromatic nitrogens is 2. The Hall–Kier alpha value is -3.59. The lowest BCUT2D eigenvalue weighted by molar-refractivity contribution is 0.0217. The van der Waals surface area contributed by atoms with Gasteiger partial charge in [-0.3, -0.25) is 0 Å². The van der Waals surface area contributed by atoms with Crippen molar-refractivity contribution in [2.45, 2.75) is 50.0 Å². The van der Waals surface area contributed by atoms with Crippen LogP contribution in [0.3, 0.4) is 0 Å². The number of fused-ring (bicyclic) bond motifs is 2. The molecular weight excluding hydrogens is 537 g/mol. The maximum absolute atomic E-state index is 14.0. The Labute approximate surface area is 240 Å². The lowest BCUT2D eigenvalue weighted by Crippen LogP contribution is -2.52. The smallest absolute Gasteiger partial charge is 0.243 e. The van der Waals surface area contributed by atoms with E-state index >= 15 is 0 Å². The number of halogens is 1. The number of nitrogens with zero attached hydrogens (tertiary/aromatic N) is 3. The number of hydrogen-bond donors (Lipinski definition) is 1. The topological polar surface area (TPSA) is 75.4 Å². The number of benzene rings is 3. The van der Waals surface area contributed by atoms with Gasteiger partial charge in [-0.05, 0) is 77.4 Å². The number of piperidine rings is 1. The number of hydrogen-bond acceptors (Lipinski definition) is 4. The first kappa shape index (κ1) is 27.6. The Morgan fingerprint density at radius 2 is 1.66 bits per heavy atom. The van der Waals surface area contributed by atoms with Gasteiger partial charge in [0.15, 0.2) is 0 Å². The summed E-state index contributed by atoms with van der Waals surface area (Å²) in [6.07, 6.45) is 3.77. The molecule has 41 heavy (non-hydrogen) atoms. The highest BCUT2D eigenvalue weighted by atomic mass is 32.2. The van der Waals surface area contributed by atoms with Gasteiger partial charge in [0.1, 0.15) is 5.82 Å². The van der Waals surface area contributed by atoms with Crippen LogP contribution in [0.25, 0.3) is 11.8 Å². The van der Waals surface area contributed by atoms with Gasteiger partial charge in [0.2, 0.25) is 10.0 Å². The van der Waals surface area contributed by atoms with Crippen molar-refractivity contribution >= 4 is 16.1 Å². The van der Waals surface area contributed by atoms with E-state index in [9.17, 15) is 17.9 Å². The summed E-state index contributed by atoms with van der Waals surface area (Å²) in [6.45, 7) is 6.73. The average Bonchev–Trinajstić information content (AvgIpc) is 3.37. The molecule has 212 valence electrons. The summed E-state index contributed by atoms with van der Waals surface area (Å²) in [4.78, 5) is 0.253. The van der Waals surface area contributed by atoms with E-state index in [0.717, 1.165) is 33.6 Å². The van der Waals surface area contributed by atoms with Gasteiger partial charge in [-0.15, -0.1) is 0 Å². The van der Waals surface area contributed by atoms with Gasteiger partial charge in [-0.2, -0.15) is 9.40 Å². The first-order chi connectivity index (χ1) is 19.5. The maximum atomic E-state index is 14.0. The van der Waals surface area contributed by atoms with E-state index in [1.807, 2.05) is 48.5 Å². The van der Waals surface area contributed by atoms with Crippen LogP contribution in [-0.4, -0.2) is 40.7 Å². The summed E-state index contributed by atoms with van der Waals surface area (Å²) >= 11 is 0. The molecule has 1 aliphatic heterocycles. The predicted octanol–water partition coefficient (Wildman–Crippen LogP) is 6.06. The van der Waals surface area contributed by atoms with E-state index in [0.29, 0.717) is 19.4 Å². The van der Waals surface area contributed by atoms with Crippen molar-refractivity contribution in [3.8, 4) is 5.69 Å². The van der Waals surface area contributed by atoms with Crippen LogP contribution < -0.4 is 0 Å². The fourth-order valence-corrected chi connectivity index (χ4v) is 7.65. The first-order valence-electron chi connectivity index (χ1n) is 13.9. The summed E-state index contributed by atoms with van der Waals surface area (Å²) < 4.78 is 44.8. The molecule has 0 spiro atoms. The highest BCUT2D eigenvalue weighted by molar-refractivity contribution is 7.89. The molecule has 8 heteroatoms. The minimum atomic E-state index is -3.81. The molecule has 6 rings (SSSR count). The van der Waals surface area contributed by atoms with Crippen molar-refractivity contribution in [3.05, 3.63) is 119 Å². The molecule has 0 saturated carbocycles. The van der Waals surface area contributed by atoms with Crippen LogP contribution in [-0.2, 0) is 21.9 Å². The molecular formula is C33H34FN3O3S. The predicted molar refractivity (Wildman–Crippen MR) is 158 cm³/mol. The van der Waals surface area contributed by atoms with E-state index in [1.54, 1.807) is 35.1 Å². The zero-order chi connectivity index (χ0) is 29.0. The SMILES string of the molecule is CC(C)(C)c1ccc(S(=O)(=O)N2CCC3=Cc4c(cnn4-c4ccc(F)cc4)CC3(C(O)c3ccccc3)C2)cc1. The fourth-order valence-electron chi connectivity index (χ4n) is 6.14. The van der Waals surface area contributed by atoms with Crippen LogP contribution in [0.2, 0.25) is 0 Å². The van der Waals surface area contributed by atoms with E-state index in [-0.39, 0.29) is 22.7 Å². The third kappa shape index (κ3) is 4.84. The molecule has 2 heterocycles. The molecule has 2 unspecified atom stereocenters. The molecule has 4 aromatic rings. The molecule has 0 bridgehead atoms. The van der Waals surface area contributed by atoms with Gasteiger partial charge in [-0.25, -0.2) is 17.5 Å². The van der Waals surface area contributed by atoms with Crippen LogP contribution >= 0.6 is 0 Å². The van der Waals surface area contributed by atoms with Gasteiger partial charge in [-0.1, -0.05) is 68.8 Å². The summed E-state index contributed by atoms with van der Waals surface area (Å²) in [5, 5.41) is 16.6. The second-order valence-electron chi connectivity index (χ2n) is 12.1. The zero-order valence-electron chi connectivity index (χ0n) is 23.5. The molecule has 1 aromatic heterocycles. The normalized spacial score (nSPS) is 20.2. The van der Waals surface area contributed by atoms with Crippen molar-refractivity contribution < 1.29 is 17.9 Å². The van der Waals surface area contributed by atoms with Crippen LogP contribution in [0.15, 0.2) is 95.5 Å². The Balaban J connectivity index is 1.41. The second kappa shape index (κ2) is 10.0. The fraction of sp³-hybridized carbons (Fsp3) is 0.303. The van der Waals surface area contributed by atoms with Crippen LogP contribution in [0.4, 0.5) is 4.39 Å². The molecule has 1 aliphatic carbocycles. The molecule has 1 N–H and O–H groups in total. The number of aliphatic hydroxyl groups excluding tert-OH is 1. The third-order valence-corrected chi connectivity index (χ3v) is 10.4. The highest BCUT2D eigenvalue weighted by Gasteiger charge is 2.50. The van der Waals surface area contributed by atoms with Gasteiger partial charge >= 0.3 is 0 Å². The summed E-state index contributed by atoms with van der Waals surface area (Å²) in [7, 11) is -3.81. The number of sulfonamides is 1. The van der Waals surface area contributed by atoms with Crippen LogP contribution in [0.5, 0.6) is 0 Å². The first-order valence-corrected chi connectivity index (χ1v) is 15.3. The Morgan fingerprint density at radius 3 is 2.32 bits per heavy atom. The lowest BCUT2D eigenvalue weighted by Gasteiger charge is -2.48. The van der Waals surface area contributed by atoms with E-state index in [1.165, 1.54) is 16.4 Å². The van der Waals surface area contributed by atoms with Crippen molar-refractivity contribution in [2.24, 2.45) is 5.41 Å². The van der Waals surface area contributed by atoms with Gasteiger partial charge < -0.3 is 5.11 Å². The van der Waals surface area contributed by atoms with Crippen LogP contribution in [0, 0.1) is 11.2 Å². The molecule has 1 fully saturated rings. The molecule has 0 radical (unpaired) electrons. The molecule has 2 atom stereocenters. The number of aliphatic hydroxyl groups is 1. The average molecular weight is 572 g/mol. The lowest BCUT2D eigenvalue weighted by atomic mass is 9.64. The molecule has 1 saturated heterocycles. The summed E-state index contributed by atoms with van der Waals surface area (Å²) in [6, 6.07) is 22.7. The zero-order valence-corrected chi connectivity index (χ0v) is 24.3. The molecule has 2 aliphatic rings.